The molecule has 1 atom stereocenters. The fourth-order valence-electron chi connectivity index (χ4n) is 3.59. The van der Waals surface area contributed by atoms with Gasteiger partial charge in [-0.3, -0.25) is 0 Å². The molecular weight excluding hydrogens is 443 g/mol. The first-order valence-electron chi connectivity index (χ1n) is 8.67. The van der Waals surface area contributed by atoms with Crippen molar-refractivity contribution in [2.45, 2.75) is 38.1 Å². The first-order valence-corrected chi connectivity index (χ1v) is 9.05. The molecule has 0 aliphatic heterocycles. The smallest absolute Gasteiger partial charge is 0.416 e. The van der Waals surface area contributed by atoms with E-state index in [1.807, 2.05) is 12.1 Å². The Hall–Kier alpha value is -1.24. The second kappa shape index (κ2) is 8.84. The van der Waals surface area contributed by atoms with E-state index in [4.69, 9.17) is 16.3 Å². The Morgan fingerprint density at radius 3 is 2.59 bits per heavy atom. The van der Waals surface area contributed by atoms with Crippen LogP contribution in [0.2, 0.25) is 5.02 Å². The zero-order chi connectivity index (χ0) is 18.9. The van der Waals surface area contributed by atoms with Crippen LogP contribution in [0.1, 0.15) is 41.1 Å². The number of fused-ring (bicyclic) bond motifs is 1. The third kappa shape index (κ3) is 4.98. The van der Waals surface area contributed by atoms with Gasteiger partial charge in [-0.2, -0.15) is 13.2 Å². The van der Waals surface area contributed by atoms with Crippen LogP contribution >= 0.6 is 11.6 Å². The van der Waals surface area contributed by atoms with Gasteiger partial charge in [-0.1, -0.05) is 23.7 Å². The predicted molar refractivity (Wildman–Crippen MR) is 95.7 cm³/mol. The van der Waals surface area contributed by atoms with Gasteiger partial charge in [0.05, 0.1) is 24.7 Å². The van der Waals surface area contributed by atoms with Gasteiger partial charge in [-0.05, 0) is 42.7 Å². The molecule has 0 aromatic heterocycles. The summed E-state index contributed by atoms with van der Waals surface area (Å²) in [5.41, 5.74) is 2.03. The Balaban J connectivity index is 0.00000261. The van der Waals surface area contributed by atoms with E-state index < -0.39 is 11.7 Å². The number of rotatable bonds is 4. The summed E-state index contributed by atoms with van der Waals surface area (Å²) >= 11 is 6.45. The van der Waals surface area contributed by atoms with E-state index >= 15 is 0 Å². The van der Waals surface area contributed by atoms with Crippen molar-refractivity contribution >= 4 is 11.6 Å². The molecule has 1 aliphatic rings. The highest BCUT2D eigenvalue weighted by atomic mass is 79.9. The molecule has 0 saturated carbocycles. The number of hydrogen-bond donors (Lipinski definition) is 1. The fourth-order valence-corrected chi connectivity index (χ4v) is 3.90. The summed E-state index contributed by atoms with van der Waals surface area (Å²) < 4.78 is 44.5. The highest BCUT2D eigenvalue weighted by Crippen LogP contribution is 2.39. The van der Waals surface area contributed by atoms with Crippen LogP contribution < -0.4 is 26.6 Å². The molecule has 1 unspecified atom stereocenters. The second-order valence-corrected chi connectivity index (χ2v) is 7.35. The summed E-state index contributed by atoms with van der Waals surface area (Å²) in [6.45, 7) is 0.0947. The fraction of sp³-hybridized carbons (Fsp3) is 0.400. The van der Waals surface area contributed by atoms with Gasteiger partial charge in [-0.25, -0.2) is 0 Å². The molecule has 0 radical (unpaired) electrons. The van der Waals surface area contributed by atoms with E-state index in [2.05, 4.69) is 14.1 Å². The number of hydrogen-bond acceptors (Lipinski definition) is 1. The van der Waals surface area contributed by atoms with Crippen LogP contribution in [0.5, 0.6) is 5.75 Å². The Bertz CT molecular complexity index is 795. The molecule has 27 heavy (non-hydrogen) atoms. The molecule has 3 rings (SSSR count). The van der Waals surface area contributed by atoms with Crippen molar-refractivity contribution in [2.75, 3.05) is 14.1 Å². The van der Waals surface area contributed by atoms with E-state index in [9.17, 15) is 13.2 Å². The molecule has 0 bridgehead atoms. The van der Waals surface area contributed by atoms with Crippen LogP contribution in [0.15, 0.2) is 36.4 Å². The predicted octanol–water partition coefficient (Wildman–Crippen LogP) is 1.46. The number of quaternary nitrogens is 1. The van der Waals surface area contributed by atoms with E-state index in [0.29, 0.717) is 17.4 Å². The van der Waals surface area contributed by atoms with Crippen LogP contribution in [0.4, 0.5) is 13.2 Å². The Kier molecular flexibility index (Phi) is 7.22. The zero-order valence-corrected chi connectivity index (χ0v) is 17.5. The molecule has 0 amide bonds. The number of alkyl halides is 3. The third-order valence-electron chi connectivity index (χ3n) is 4.87. The van der Waals surface area contributed by atoms with E-state index in [1.165, 1.54) is 11.0 Å². The Morgan fingerprint density at radius 2 is 1.93 bits per heavy atom. The van der Waals surface area contributed by atoms with Crippen LogP contribution in [0.25, 0.3) is 0 Å². The van der Waals surface area contributed by atoms with Crippen LogP contribution in [0, 0.1) is 0 Å². The lowest BCUT2D eigenvalue weighted by atomic mass is 9.86. The number of benzene rings is 2. The molecule has 0 saturated heterocycles. The summed E-state index contributed by atoms with van der Waals surface area (Å²) in [6.07, 6.45) is -1.37. The summed E-state index contributed by atoms with van der Waals surface area (Å²) in [6, 6.07) is 9.20. The maximum absolute atomic E-state index is 12.9. The average Bonchev–Trinajstić information content (AvgIpc) is 2.60. The van der Waals surface area contributed by atoms with Gasteiger partial charge in [0.2, 0.25) is 0 Å². The molecule has 0 heterocycles. The maximum atomic E-state index is 12.9. The van der Waals surface area contributed by atoms with Crippen molar-refractivity contribution in [1.82, 2.24) is 0 Å². The molecule has 2 aromatic carbocycles. The summed E-state index contributed by atoms with van der Waals surface area (Å²) in [7, 11) is 4.21. The first-order chi connectivity index (χ1) is 12.3. The molecule has 0 spiro atoms. The SMILES string of the molecule is C[NH+](C)C1CCCc2c(OCc3cccc(C(F)(F)F)c3)ccc(Cl)c21.[Br-]. The van der Waals surface area contributed by atoms with Gasteiger partial charge >= 0.3 is 6.18 Å². The average molecular weight is 465 g/mol. The molecule has 0 fully saturated rings. The van der Waals surface area contributed by atoms with Crippen molar-refractivity contribution in [3.63, 3.8) is 0 Å². The number of halogens is 5. The van der Waals surface area contributed by atoms with Crippen molar-refractivity contribution in [1.29, 1.82) is 0 Å². The van der Waals surface area contributed by atoms with E-state index in [-0.39, 0.29) is 23.6 Å². The lowest BCUT2D eigenvalue weighted by Crippen LogP contribution is -3.06. The topological polar surface area (TPSA) is 13.7 Å². The summed E-state index contributed by atoms with van der Waals surface area (Å²) in [5.74, 6) is 0.716. The normalized spacial score (nSPS) is 16.6. The third-order valence-corrected chi connectivity index (χ3v) is 5.20. The molecule has 1 N–H and O–H groups in total. The molecule has 7 heteroatoms. The van der Waals surface area contributed by atoms with Gasteiger partial charge in [-0.15, -0.1) is 0 Å². The van der Waals surface area contributed by atoms with E-state index in [1.54, 1.807) is 6.07 Å². The highest BCUT2D eigenvalue weighted by molar-refractivity contribution is 6.31. The molecule has 2 aromatic rings. The van der Waals surface area contributed by atoms with Crippen molar-refractivity contribution in [3.8, 4) is 5.75 Å². The van der Waals surface area contributed by atoms with Crippen molar-refractivity contribution in [3.05, 3.63) is 63.7 Å². The van der Waals surface area contributed by atoms with Crippen LogP contribution in [-0.4, -0.2) is 14.1 Å². The van der Waals surface area contributed by atoms with Crippen molar-refractivity contribution < 1.29 is 39.8 Å². The maximum Gasteiger partial charge on any atom is 0.416 e. The Morgan fingerprint density at radius 1 is 1.19 bits per heavy atom. The summed E-state index contributed by atoms with van der Waals surface area (Å²) in [5, 5.41) is 0.734. The molecular formula is C20H22BrClF3NO. The summed E-state index contributed by atoms with van der Waals surface area (Å²) in [4.78, 5) is 1.31. The molecule has 2 nitrogen and oxygen atoms in total. The minimum atomic E-state index is -4.35. The monoisotopic (exact) mass is 463 g/mol. The van der Waals surface area contributed by atoms with Gasteiger partial charge < -0.3 is 26.6 Å². The molecule has 148 valence electrons. The lowest BCUT2D eigenvalue weighted by molar-refractivity contribution is -0.893. The van der Waals surface area contributed by atoms with Gasteiger partial charge in [0.25, 0.3) is 0 Å². The van der Waals surface area contributed by atoms with Crippen LogP contribution in [0.3, 0.4) is 0 Å². The van der Waals surface area contributed by atoms with E-state index in [0.717, 1.165) is 47.5 Å². The largest absolute Gasteiger partial charge is 1.00 e. The minimum absolute atomic E-state index is 0. The van der Waals surface area contributed by atoms with Crippen LogP contribution in [-0.2, 0) is 19.2 Å². The van der Waals surface area contributed by atoms with Crippen molar-refractivity contribution in [2.24, 2.45) is 0 Å². The standard InChI is InChI=1S/C20H21ClF3NO.BrH/c1-25(2)17-8-4-7-15-18(10-9-16(21)19(15)17)26-12-13-5-3-6-14(11-13)20(22,23)24;/h3,5-6,9-11,17H,4,7-8,12H2,1-2H3;1H. The van der Waals surface area contributed by atoms with Gasteiger partial charge in [0.15, 0.2) is 0 Å². The molecule has 1 aliphatic carbocycles. The quantitative estimate of drug-likeness (QED) is 0.723. The lowest BCUT2D eigenvalue weighted by Gasteiger charge is -2.30. The number of ether oxygens (including phenoxy) is 1. The number of nitrogens with one attached hydrogen (secondary N) is 1. The Labute approximate surface area is 173 Å². The second-order valence-electron chi connectivity index (χ2n) is 6.95. The van der Waals surface area contributed by atoms with Gasteiger partial charge in [0.1, 0.15) is 18.4 Å². The minimum Gasteiger partial charge on any atom is -1.00 e. The zero-order valence-electron chi connectivity index (χ0n) is 15.2. The highest BCUT2D eigenvalue weighted by Gasteiger charge is 2.31. The first kappa shape index (κ1) is 22.1. The van der Waals surface area contributed by atoms with Gasteiger partial charge in [0, 0.05) is 17.5 Å².